The van der Waals surface area contributed by atoms with Crippen LogP contribution in [0.5, 0.6) is 0 Å². The molecular formula is C18H20ClN3O3S. The van der Waals surface area contributed by atoms with Crippen LogP contribution in [0.15, 0.2) is 58.5 Å². The number of hydrazone groups is 1. The Morgan fingerprint density at radius 3 is 2.31 bits per heavy atom. The number of anilines is 1. The maximum Gasteiger partial charge on any atom is 0.264 e. The van der Waals surface area contributed by atoms with Crippen LogP contribution in [-0.4, -0.2) is 26.6 Å². The standard InChI is InChI=1S/C18H20ClN3O3S/c1-13(2)20-21-18(23)12-22(17-7-5-4-6-16(17)19)26(24,25)15-10-8-14(3)9-11-15/h4-11H,12H2,1-3H3,(H,21,23). The third-order valence-corrected chi connectivity index (χ3v) is 5.52. The Bertz CT molecular complexity index is 921. The zero-order valence-corrected chi connectivity index (χ0v) is 16.3. The first kappa shape index (κ1) is 19.9. The number of sulfonamides is 1. The Morgan fingerprint density at radius 1 is 1.12 bits per heavy atom. The molecule has 0 bridgehead atoms. The summed E-state index contributed by atoms with van der Waals surface area (Å²) < 4.78 is 27.2. The van der Waals surface area contributed by atoms with Crippen LogP contribution in [0, 0.1) is 6.92 Å². The maximum atomic E-state index is 13.1. The first-order valence-corrected chi connectivity index (χ1v) is 9.67. The minimum absolute atomic E-state index is 0.0750. The van der Waals surface area contributed by atoms with Crippen molar-refractivity contribution in [1.29, 1.82) is 0 Å². The van der Waals surface area contributed by atoms with E-state index in [1.165, 1.54) is 12.1 Å². The molecule has 2 aromatic carbocycles. The Labute approximate surface area is 158 Å². The highest BCUT2D eigenvalue weighted by Gasteiger charge is 2.28. The summed E-state index contributed by atoms with van der Waals surface area (Å²) in [4.78, 5) is 12.3. The van der Waals surface area contributed by atoms with Crippen molar-refractivity contribution in [3.05, 3.63) is 59.1 Å². The van der Waals surface area contributed by atoms with Gasteiger partial charge in [-0.1, -0.05) is 41.4 Å². The molecule has 0 saturated carbocycles. The maximum absolute atomic E-state index is 13.1. The molecule has 0 aliphatic carbocycles. The fourth-order valence-corrected chi connectivity index (χ4v) is 3.86. The van der Waals surface area contributed by atoms with Crippen molar-refractivity contribution in [2.75, 3.05) is 10.8 Å². The number of nitrogens with zero attached hydrogens (tertiary/aromatic N) is 2. The number of hydrogen-bond acceptors (Lipinski definition) is 4. The summed E-state index contributed by atoms with van der Waals surface area (Å²) in [7, 11) is -3.99. The average molecular weight is 394 g/mol. The molecule has 8 heteroatoms. The van der Waals surface area contributed by atoms with Crippen molar-refractivity contribution in [3.63, 3.8) is 0 Å². The predicted octanol–water partition coefficient (Wildman–Crippen LogP) is 3.36. The monoisotopic (exact) mass is 393 g/mol. The van der Waals surface area contributed by atoms with Gasteiger partial charge in [-0.15, -0.1) is 0 Å². The summed E-state index contributed by atoms with van der Waals surface area (Å²) in [6.07, 6.45) is 0. The minimum atomic E-state index is -3.99. The molecule has 2 aromatic rings. The second-order valence-electron chi connectivity index (χ2n) is 5.87. The molecule has 0 radical (unpaired) electrons. The lowest BCUT2D eigenvalue weighted by Gasteiger charge is -2.24. The molecule has 0 spiro atoms. The molecule has 138 valence electrons. The summed E-state index contributed by atoms with van der Waals surface area (Å²) in [5.41, 5.74) is 4.13. The van der Waals surface area contributed by atoms with Crippen molar-refractivity contribution in [2.24, 2.45) is 5.10 Å². The van der Waals surface area contributed by atoms with Gasteiger partial charge in [0.2, 0.25) is 0 Å². The lowest BCUT2D eigenvalue weighted by molar-refractivity contribution is -0.119. The SMILES string of the molecule is CC(C)=NNC(=O)CN(c1ccccc1Cl)S(=O)(=O)c1ccc(C)cc1. The molecule has 0 unspecified atom stereocenters. The van der Waals surface area contributed by atoms with Crippen LogP contribution in [0.4, 0.5) is 5.69 Å². The van der Waals surface area contributed by atoms with Gasteiger partial charge < -0.3 is 0 Å². The Balaban J connectivity index is 2.46. The molecule has 0 aliphatic rings. The van der Waals surface area contributed by atoms with Gasteiger partial charge in [-0.25, -0.2) is 13.8 Å². The van der Waals surface area contributed by atoms with E-state index in [9.17, 15) is 13.2 Å². The van der Waals surface area contributed by atoms with Gasteiger partial charge in [0.25, 0.3) is 15.9 Å². The Kier molecular flexibility index (Phi) is 6.39. The third kappa shape index (κ3) is 4.83. The Hall–Kier alpha value is -2.38. The second-order valence-corrected chi connectivity index (χ2v) is 8.14. The largest absolute Gasteiger partial charge is 0.271 e. The minimum Gasteiger partial charge on any atom is -0.271 e. The van der Waals surface area contributed by atoms with Crippen LogP contribution in [0.2, 0.25) is 5.02 Å². The fraction of sp³-hybridized carbons (Fsp3) is 0.222. The fourth-order valence-electron chi connectivity index (χ4n) is 2.13. The van der Waals surface area contributed by atoms with Crippen LogP contribution < -0.4 is 9.73 Å². The van der Waals surface area contributed by atoms with Crippen molar-refractivity contribution < 1.29 is 13.2 Å². The highest BCUT2D eigenvalue weighted by Crippen LogP contribution is 2.30. The van der Waals surface area contributed by atoms with Gasteiger partial charge in [-0.05, 0) is 45.0 Å². The van der Waals surface area contributed by atoms with Crippen molar-refractivity contribution in [2.45, 2.75) is 25.7 Å². The summed E-state index contributed by atoms with van der Waals surface area (Å²) >= 11 is 6.18. The molecule has 0 aromatic heterocycles. The van der Waals surface area contributed by atoms with Gasteiger partial charge in [0, 0.05) is 5.71 Å². The lowest BCUT2D eigenvalue weighted by Crippen LogP contribution is -2.39. The van der Waals surface area contributed by atoms with Crippen molar-refractivity contribution in [1.82, 2.24) is 5.43 Å². The first-order valence-electron chi connectivity index (χ1n) is 7.85. The number of benzene rings is 2. The molecule has 6 nitrogen and oxygen atoms in total. The van der Waals surface area contributed by atoms with Gasteiger partial charge in [-0.2, -0.15) is 5.10 Å². The third-order valence-electron chi connectivity index (χ3n) is 3.42. The summed E-state index contributed by atoms with van der Waals surface area (Å²) in [6, 6.07) is 12.9. The van der Waals surface area contributed by atoms with E-state index in [1.54, 1.807) is 50.2 Å². The first-order chi connectivity index (χ1) is 12.2. The number of amides is 1. The molecule has 0 atom stereocenters. The number of hydrogen-bond donors (Lipinski definition) is 1. The van der Waals surface area contributed by atoms with Crippen molar-refractivity contribution >= 4 is 38.9 Å². The van der Waals surface area contributed by atoms with Crippen LogP contribution in [0.3, 0.4) is 0 Å². The summed E-state index contributed by atoms with van der Waals surface area (Å²) in [5, 5.41) is 4.05. The molecule has 1 N–H and O–H groups in total. The summed E-state index contributed by atoms with van der Waals surface area (Å²) in [5.74, 6) is -0.568. The van der Waals surface area contributed by atoms with E-state index < -0.39 is 22.5 Å². The molecule has 0 fully saturated rings. The van der Waals surface area contributed by atoms with E-state index in [1.807, 2.05) is 6.92 Å². The number of carbonyl (C=O) groups is 1. The normalized spacial score (nSPS) is 10.9. The molecule has 0 saturated heterocycles. The van der Waals surface area contributed by atoms with Crippen LogP contribution in [-0.2, 0) is 14.8 Å². The van der Waals surface area contributed by atoms with E-state index >= 15 is 0 Å². The van der Waals surface area contributed by atoms with Gasteiger partial charge in [0.1, 0.15) is 6.54 Å². The summed E-state index contributed by atoms with van der Waals surface area (Å²) in [6.45, 7) is 4.85. The number of halogens is 1. The molecular weight excluding hydrogens is 374 g/mol. The molecule has 26 heavy (non-hydrogen) atoms. The van der Waals surface area contributed by atoms with Crippen LogP contribution in [0.25, 0.3) is 0 Å². The second kappa shape index (κ2) is 8.33. The lowest BCUT2D eigenvalue weighted by atomic mass is 10.2. The van der Waals surface area contributed by atoms with Gasteiger partial charge in [0.15, 0.2) is 0 Å². The zero-order valence-electron chi connectivity index (χ0n) is 14.7. The number of nitrogens with one attached hydrogen (secondary N) is 1. The van der Waals surface area contributed by atoms with Crippen LogP contribution >= 0.6 is 11.6 Å². The molecule has 2 rings (SSSR count). The Morgan fingerprint density at radius 2 is 1.73 bits per heavy atom. The topological polar surface area (TPSA) is 78.8 Å². The quantitative estimate of drug-likeness (QED) is 0.603. The van der Waals surface area contributed by atoms with Crippen molar-refractivity contribution in [3.8, 4) is 0 Å². The highest BCUT2D eigenvalue weighted by molar-refractivity contribution is 7.92. The van der Waals surface area contributed by atoms with E-state index in [2.05, 4.69) is 10.5 Å². The zero-order chi connectivity index (χ0) is 19.3. The smallest absolute Gasteiger partial charge is 0.264 e. The molecule has 0 aliphatic heterocycles. The number of aryl methyl sites for hydroxylation is 1. The van der Waals surface area contributed by atoms with E-state index in [4.69, 9.17) is 11.6 Å². The van der Waals surface area contributed by atoms with Gasteiger partial charge >= 0.3 is 0 Å². The predicted molar refractivity (Wildman–Crippen MR) is 104 cm³/mol. The number of rotatable bonds is 6. The van der Waals surface area contributed by atoms with Gasteiger partial charge in [0.05, 0.1) is 15.6 Å². The van der Waals surface area contributed by atoms with E-state index in [0.29, 0.717) is 5.71 Å². The number of carbonyl (C=O) groups excluding carboxylic acids is 1. The van der Waals surface area contributed by atoms with Gasteiger partial charge in [-0.3, -0.25) is 9.10 Å². The van der Waals surface area contributed by atoms with E-state index in [0.717, 1.165) is 9.87 Å². The molecule has 0 heterocycles. The number of para-hydroxylation sites is 1. The average Bonchev–Trinajstić information content (AvgIpc) is 2.59. The van der Waals surface area contributed by atoms with E-state index in [-0.39, 0.29) is 15.6 Å². The molecule has 1 amide bonds. The van der Waals surface area contributed by atoms with Crippen LogP contribution in [0.1, 0.15) is 19.4 Å². The highest BCUT2D eigenvalue weighted by atomic mass is 35.5.